The van der Waals surface area contributed by atoms with Gasteiger partial charge in [0.2, 0.25) is 5.91 Å². The number of fused-ring (bicyclic) bond motifs is 1. The summed E-state index contributed by atoms with van der Waals surface area (Å²) >= 11 is 0. The van der Waals surface area contributed by atoms with Gasteiger partial charge in [-0.1, -0.05) is 17.9 Å². The van der Waals surface area contributed by atoms with E-state index < -0.39 is 0 Å². The van der Waals surface area contributed by atoms with E-state index in [1.54, 1.807) is 0 Å². The smallest absolute Gasteiger partial charge is 0.227 e. The first-order valence-electron chi connectivity index (χ1n) is 11.9. The lowest BCUT2D eigenvalue weighted by Gasteiger charge is -2.28. The predicted molar refractivity (Wildman–Crippen MR) is 138 cm³/mol. The molecule has 0 bridgehead atoms. The maximum absolute atomic E-state index is 13.2. The highest BCUT2D eigenvalue weighted by Gasteiger charge is 2.34. The molecule has 1 fully saturated rings. The van der Waals surface area contributed by atoms with Crippen molar-refractivity contribution in [2.24, 2.45) is 13.0 Å². The van der Waals surface area contributed by atoms with E-state index in [2.05, 4.69) is 32.9 Å². The summed E-state index contributed by atoms with van der Waals surface area (Å²) in [7, 11) is 1.98. The van der Waals surface area contributed by atoms with Crippen molar-refractivity contribution in [3.63, 3.8) is 0 Å². The summed E-state index contributed by atoms with van der Waals surface area (Å²) < 4.78 is 2.04. The first kappa shape index (κ1) is 22.7. The molecule has 0 spiro atoms. The van der Waals surface area contributed by atoms with Gasteiger partial charge in [0, 0.05) is 36.3 Å². The number of nitrogens with zero attached hydrogens (tertiary/aromatic N) is 5. The van der Waals surface area contributed by atoms with Gasteiger partial charge in [-0.2, -0.15) is 0 Å². The van der Waals surface area contributed by atoms with Crippen molar-refractivity contribution in [1.82, 2.24) is 24.4 Å². The number of aromatic nitrogens is 4. The summed E-state index contributed by atoms with van der Waals surface area (Å²) in [5, 5.41) is 0.827. The number of carbonyl (C=O) groups excluding carboxylic acids is 1. The third-order valence-corrected chi connectivity index (χ3v) is 7.29. The number of hydrogen-bond acceptors (Lipinski definition) is 5. The number of amides is 1. The minimum Gasteiger partial charge on any atom is -0.383 e. The summed E-state index contributed by atoms with van der Waals surface area (Å²) in [5.41, 5.74) is 12.7. The number of hydrogen-bond donors (Lipinski definition) is 1. The van der Waals surface area contributed by atoms with E-state index in [4.69, 9.17) is 18.6 Å². The molecule has 2 aliphatic rings. The van der Waals surface area contributed by atoms with E-state index >= 15 is 0 Å². The van der Waals surface area contributed by atoms with Gasteiger partial charge in [0.05, 0.1) is 17.1 Å². The Bertz CT molecular complexity index is 1450. The van der Waals surface area contributed by atoms with E-state index in [-0.39, 0.29) is 17.9 Å². The lowest BCUT2D eigenvalue weighted by atomic mass is 9.84. The molecule has 2 atom stereocenters. The molecule has 5 rings (SSSR count). The molecule has 3 aromatic rings. The fourth-order valence-electron chi connectivity index (χ4n) is 5.52. The molecule has 7 heteroatoms. The topological polar surface area (TPSA) is 89.9 Å². The largest absolute Gasteiger partial charge is 0.383 e. The molecular formula is C28H28N6O. The van der Waals surface area contributed by atoms with Crippen molar-refractivity contribution in [3.05, 3.63) is 41.5 Å². The predicted octanol–water partition coefficient (Wildman–Crippen LogP) is 3.71. The molecule has 176 valence electrons. The minimum absolute atomic E-state index is 0.0574. The van der Waals surface area contributed by atoms with E-state index in [1.165, 1.54) is 6.33 Å². The monoisotopic (exact) mass is 464 g/mol. The van der Waals surface area contributed by atoms with Crippen LogP contribution >= 0.6 is 0 Å². The van der Waals surface area contributed by atoms with Gasteiger partial charge >= 0.3 is 0 Å². The second-order valence-corrected chi connectivity index (χ2v) is 9.27. The molecule has 4 heterocycles. The number of aryl methyl sites for hydroxylation is 2. The lowest BCUT2D eigenvalue weighted by Crippen LogP contribution is -2.39. The molecule has 0 radical (unpaired) electrons. The van der Waals surface area contributed by atoms with Gasteiger partial charge in [-0.15, -0.1) is 12.8 Å². The number of nitrogen functional groups attached to an aromatic ring is 1. The Morgan fingerprint density at radius 2 is 2.06 bits per heavy atom. The van der Waals surface area contributed by atoms with E-state index in [1.807, 2.05) is 35.6 Å². The van der Waals surface area contributed by atoms with Gasteiger partial charge in [0.25, 0.3) is 0 Å². The van der Waals surface area contributed by atoms with Crippen LogP contribution in [-0.4, -0.2) is 42.9 Å². The van der Waals surface area contributed by atoms with Gasteiger partial charge in [-0.3, -0.25) is 4.79 Å². The van der Waals surface area contributed by atoms with Crippen molar-refractivity contribution in [2.45, 2.75) is 45.1 Å². The van der Waals surface area contributed by atoms with Gasteiger partial charge < -0.3 is 15.2 Å². The molecule has 3 aromatic heterocycles. The zero-order valence-electron chi connectivity index (χ0n) is 20.1. The van der Waals surface area contributed by atoms with Gasteiger partial charge in [-0.25, -0.2) is 15.0 Å². The van der Waals surface area contributed by atoms with Crippen molar-refractivity contribution in [3.8, 4) is 35.9 Å². The molecule has 1 aliphatic heterocycles. The fraction of sp³-hybridized carbons (Fsp3) is 0.357. The van der Waals surface area contributed by atoms with Crippen molar-refractivity contribution < 1.29 is 4.79 Å². The van der Waals surface area contributed by atoms with E-state index in [9.17, 15) is 4.79 Å². The zero-order chi connectivity index (χ0) is 24.7. The molecule has 7 nitrogen and oxygen atoms in total. The van der Waals surface area contributed by atoms with Crippen LogP contribution in [0.2, 0.25) is 0 Å². The number of anilines is 1. The molecular weight excluding hydrogens is 436 g/mol. The third kappa shape index (κ3) is 3.74. The molecule has 1 aliphatic carbocycles. The normalized spacial score (nSPS) is 19.9. The van der Waals surface area contributed by atoms with Crippen LogP contribution in [0.4, 0.5) is 5.82 Å². The number of nitrogens with two attached hydrogens (primary N) is 1. The Kier molecular flexibility index (Phi) is 5.78. The maximum atomic E-state index is 13.2. The van der Waals surface area contributed by atoms with Crippen LogP contribution in [-0.2, 0) is 11.8 Å². The number of pyridine rings is 1. The Labute approximate surface area is 205 Å². The van der Waals surface area contributed by atoms with Crippen LogP contribution in [0.1, 0.15) is 49.1 Å². The number of carbonyl (C=O) groups is 1. The highest BCUT2D eigenvalue weighted by Crippen LogP contribution is 2.43. The average molecular weight is 465 g/mol. The van der Waals surface area contributed by atoms with Crippen LogP contribution in [0.15, 0.2) is 24.5 Å². The maximum Gasteiger partial charge on any atom is 0.227 e. The fourth-order valence-corrected chi connectivity index (χ4v) is 5.52. The van der Waals surface area contributed by atoms with E-state index in [0.717, 1.165) is 71.3 Å². The van der Waals surface area contributed by atoms with Crippen LogP contribution in [0.3, 0.4) is 0 Å². The standard InChI is InChI=1S/C28H28N6O/c1-5-20-13-14-22(17(3)32-20)25-23(24-26(29)30-16-31-27(24)33(25)4)18-9-11-19(12-10-18)28(35)34-15-7-8-21(34)6-2/h1-2,9,13-14,16,19,21H,7-8,10-12,15H2,3-4H3,(H2,29,30,31)/t19-,21-/m1/s1. The molecule has 35 heavy (non-hydrogen) atoms. The quantitative estimate of drug-likeness (QED) is 0.597. The van der Waals surface area contributed by atoms with E-state index in [0.29, 0.717) is 17.9 Å². The molecule has 1 amide bonds. The number of likely N-dealkylation sites (tertiary alicyclic amines) is 1. The molecule has 1 saturated heterocycles. The average Bonchev–Trinajstić information content (AvgIpc) is 3.47. The van der Waals surface area contributed by atoms with Gasteiger partial charge in [-0.05, 0) is 56.7 Å². The summed E-state index contributed by atoms with van der Waals surface area (Å²) in [6.07, 6.45) is 18.9. The summed E-state index contributed by atoms with van der Waals surface area (Å²) in [4.78, 5) is 28.5. The summed E-state index contributed by atoms with van der Waals surface area (Å²) in [5.74, 6) is 5.93. The minimum atomic E-state index is -0.0732. The van der Waals surface area contributed by atoms with Crippen LogP contribution in [0, 0.1) is 37.5 Å². The number of terminal acetylenes is 2. The first-order valence-corrected chi connectivity index (χ1v) is 11.9. The second kappa shape index (κ2) is 8.92. The summed E-state index contributed by atoms with van der Waals surface area (Å²) in [6, 6.07) is 3.78. The Morgan fingerprint density at radius 1 is 1.23 bits per heavy atom. The molecule has 0 saturated carbocycles. The zero-order valence-corrected chi connectivity index (χ0v) is 20.1. The third-order valence-electron chi connectivity index (χ3n) is 7.29. The van der Waals surface area contributed by atoms with Crippen LogP contribution < -0.4 is 5.73 Å². The van der Waals surface area contributed by atoms with Crippen molar-refractivity contribution in [1.29, 1.82) is 0 Å². The van der Waals surface area contributed by atoms with Crippen molar-refractivity contribution in [2.75, 3.05) is 12.3 Å². The number of rotatable bonds is 3. The first-order chi connectivity index (χ1) is 16.9. The van der Waals surface area contributed by atoms with Gasteiger partial charge in [0.15, 0.2) is 0 Å². The summed E-state index contributed by atoms with van der Waals surface area (Å²) in [6.45, 7) is 2.70. The Hall–Kier alpha value is -4.10. The highest BCUT2D eigenvalue weighted by molar-refractivity contribution is 6.04. The van der Waals surface area contributed by atoms with Gasteiger partial charge in [0.1, 0.15) is 23.5 Å². The molecule has 0 aromatic carbocycles. The van der Waals surface area contributed by atoms with Crippen LogP contribution in [0.25, 0.3) is 27.9 Å². The number of allylic oxidation sites excluding steroid dienone is 2. The van der Waals surface area contributed by atoms with Crippen LogP contribution in [0.5, 0.6) is 0 Å². The Balaban J connectivity index is 1.58. The van der Waals surface area contributed by atoms with Crippen molar-refractivity contribution >= 4 is 28.3 Å². The SMILES string of the molecule is C#Cc1ccc(-c2c(C3=CC[C@@H](C(=O)N4CCC[C@H]4C#C)CC3)c3c(N)ncnc3n2C)c(C)n1. The second-order valence-electron chi connectivity index (χ2n) is 9.27. The Morgan fingerprint density at radius 3 is 2.74 bits per heavy atom. The molecule has 0 unspecified atom stereocenters. The lowest BCUT2D eigenvalue weighted by molar-refractivity contribution is -0.135. The molecule has 2 N–H and O–H groups in total. The highest BCUT2D eigenvalue weighted by atomic mass is 16.2.